The maximum atomic E-state index is 12.8. The van der Waals surface area contributed by atoms with Crippen LogP contribution in [-0.2, 0) is 83.4 Å². The summed E-state index contributed by atoms with van der Waals surface area (Å²) in [6.07, 6.45) is 8.13. The van der Waals surface area contributed by atoms with Gasteiger partial charge < -0.3 is 38.6 Å². The molecule has 21 heteroatoms. The molecular weight excluding hydrogens is 1250 g/mol. The largest absolute Gasteiger partial charge is 0.481 e. The highest BCUT2D eigenvalue weighted by atomic mass is 79.9. The number of carboxylic acids is 2. The average molecular weight is 1340 g/mol. The summed E-state index contributed by atoms with van der Waals surface area (Å²) in [6, 6.07) is 20.0. The number of likely N-dealkylation sites (tertiary alicyclic amines) is 1. The van der Waals surface area contributed by atoms with Crippen LogP contribution in [0.1, 0.15) is 172 Å². The highest BCUT2D eigenvalue weighted by molar-refractivity contribution is 9.10. The number of amides is 2. The van der Waals surface area contributed by atoms with E-state index in [-0.39, 0.29) is 73.3 Å². The van der Waals surface area contributed by atoms with Crippen molar-refractivity contribution in [1.29, 1.82) is 0 Å². The molecule has 0 bridgehead atoms. The van der Waals surface area contributed by atoms with Gasteiger partial charge in [-0.15, -0.1) is 12.3 Å². The van der Waals surface area contributed by atoms with Gasteiger partial charge in [-0.05, 0) is 88.2 Å². The van der Waals surface area contributed by atoms with Crippen LogP contribution in [0.4, 0.5) is 9.59 Å². The Labute approximate surface area is 550 Å². The number of fused-ring (bicyclic) bond motifs is 2. The first-order valence-corrected chi connectivity index (χ1v) is 31.9. The molecule has 2 N–H and O–H groups in total. The maximum absolute atomic E-state index is 12.8. The first-order valence-electron chi connectivity index (χ1n) is 31.1. The summed E-state index contributed by atoms with van der Waals surface area (Å²) in [6.45, 7) is 21.3. The number of methoxy groups -OCH3 is 2. The lowest BCUT2D eigenvalue weighted by Crippen LogP contribution is -2.40. The molecule has 20 nitrogen and oxygen atoms in total. The molecule has 500 valence electrons. The van der Waals surface area contributed by atoms with Gasteiger partial charge in [0.1, 0.15) is 18.2 Å². The molecular formula is C71H92BrN3O17. The number of ketones is 1. The summed E-state index contributed by atoms with van der Waals surface area (Å²) < 4.78 is 32.8. The maximum Gasteiger partial charge on any atom is 0.410 e. The number of carbonyl (C=O) groups excluding carboxylic acids is 7. The Kier molecular flexibility index (Phi) is 27.5. The predicted octanol–water partition coefficient (Wildman–Crippen LogP) is 11.8. The van der Waals surface area contributed by atoms with Crippen LogP contribution in [0.5, 0.6) is 0 Å². The minimum atomic E-state index is -1.00. The number of aliphatic carboxylic acids is 2. The minimum absolute atomic E-state index is 0.0555. The molecule has 4 aliphatic rings. The summed E-state index contributed by atoms with van der Waals surface area (Å²) in [5.74, 6) is 3.51. The zero-order valence-electron chi connectivity index (χ0n) is 55.4. The molecule has 7 rings (SSSR count). The number of Topliss-reactive ketones (excluding diaryl/α,β-unsaturated/α-hetero) is 1. The van der Waals surface area contributed by atoms with Gasteiger partial charge in [0, 0.05) is 54.5 Å². The molecule has 2 fully saturated rings. The van der Waals surface area contributed by atoms with Crippen molar-refractivity contribution in [3.8, 4) is 24.2 Å². The number of rotatable bonds is 21. The van der Waals surface area contributed by atoms with Gasteiger partial charge in [-0.3, -0.25) is 48.3 Å². The van der Waals surface area contributed by atoms with Gasteiger partial charge in [0.15, 0.2) is 5.78 Å². The number of halogens is 1. The fourth-order valence-corrected chi connectivity index (χ4v) is 11.6. The van der Waals surface area contributed by atoms with Crippen molar-refractivity contribution in [3.05, 3.63) is 105 Å². The van der Waals surface area contributed by atoms with Crippen molar-refractivity contribution < 1.29 is 81.8 Å². The van der Waals surface area contributed by atoms with Crippen LogP contribution in [0.2, 0.25) is 0 Å². The molecule has 3 heterocycles. The zero-order chi connectivity index (χ0) is 68.3. The van der Waals surface area contributed by atoms with Gasteiger partial charge in [0.2, 0.25) is 0 Å². The number of hydrogen-bond acceptors (Lipinski definition) is 16. The van der Waals surface area contributed by atoms with Gasteiger partial charge in [-0.1, -0.05) is 152 Å². The van der Waals surface area contributed by atoms with E-state index in [0.717, 1.165) is 38.7 Å². The zero-order valence-corrected chi connectivity index (χ0v) is 56.9. The quantitative estimate of drug-likeness (QED) is 0.0435. The van der Waals surface area contributed by atoms with Crippen molar-refractivity contribution in [3.63, 3.8) is 0 Å². The smallest absolute Gasteiger partial charge is 0.410 e. The Balaban J connectivity index is 0.000000266. The molecule has 3 aliphatic heterocycles. The molecule has 6 atom stereocenters. The standard InChI is InChI=1S/C32H43NO8.C23H23BrN2O5.C16H26O4/c1-31(2,3)26(28(35)36)17-27(34)40-20-32(4,5)15-8-7-10-21-11-9-12-23-18-33(19-25(21)23)30(38)41-24-14-13-22(16-24)29(37)39-6;1-30-22(28)20-10-17(12-25(20)14-21(27)15-6-3-2-4-7-15)31-23(29)26-11-16-8-5-9-19(24)18(16)13-26;1-7-8-9-16(5,6)11-20-13(17)10-12(14(18)19)15(2,3)4/h9,11-12,22,24,26H,8,13-20H2,1-6H3,(H,35,36);2-9,17,20H,10-14H2,1H3;1,12H,8-11H2,2-6H3,(H,18,19)/t22-,24-,26+;17-,20+;12-/m011/s1. The second kappa shape index (κ2) is 33.7. The number of benzene rings is 3. The number of hydrogen-bond donors (Lipinski definition) is 2. The van der Waals surface area contributed by atoms with Crippen LogP contribution < -0.4 is 0 Å². The van der Waals surface area contributed by atoms with Crippen molar-refractivity contribution in [2.75, 3.05) is 40.5 Å². The van der Waals surface area contributed by atoms with Gasteiger partial charge in [-0.25, -0.2) is 9.59 Å². The second-order valence-corrected chi connectivity index (χ2v) is 28.5. The van der Waals surface area contributed by atoms with Crippen molar-refractivity contribution in [1.82, 2.24) is 14.7 Å². The van der Waals surface area contributed by atoms with Gasteiger partial charge in [0.05, 0.1) is 77.7 Å². The average Bonchev–Trinajstić information content (AvgIpc) is 1.76. The fourth-order valence-electron chi connectivity index (χ4n) is 11.1. The molecule has 0 spiro atoms. The summed E-state index contributed by atoms with van der Waals surface area (Å²) in [7, 11) is 2.69. The van der Waals surface area contributed by atoms with E-state index >= 15 is 0 Å². The van der Waals surface area contributed by atoms with Crippen LogP contribution in [0.25, 0.3) is 0 Å². The van der Waals surface area contributed by atoms with Gasteiger partial charge in [-0.2, -0.15) is 0 Å². The SMILES string of the molecule is C#CCCC(C)(C)COC(=O)C[C@H](C(=O)O)C(C)(C)C.COC(=O)[C@@H]1C[C@@H](OC(=O)N2Cc3cccc(Br)c3C2)CN1CC(=O)c1ccccc1.COC(=O)[C@H]1CC[C@H](OC(=O)N2Cc3cccc(C#CCCC(C)(C)COC(=O)C[C@H](C(=O)O)C(C)(C)C)c3C2)C1. The van der Waals surface area contributed by atoms with Crippen LogP contribution in [0.15, 0.2) is 71.2 Å². The van der Waals surface area contributed by atoms with Crippen LogP contribution in [-0.4, -0.2) is 137 Å². The number of nitrogens with zero attached hydrogens (tertiary/aromatic N) is 3. The van der Waals surface area contributed by atoms with E-state index in [1.807, 2.05) is 70.2 Å². The summed E-state index contributed by atoms with van der Waals surface area (Å²) in [5, 5.41) is 18.6. The Bertz CT molecular complexity index is 3220. The van der Waals surface area contributed by atoms with E-state index in [9.17, 15) is 53.4 Å². The lowest BCUT2D eigenvalue weighted by Gasteiger charge is -2.27. The molecule has 1 saturated carbocycles. The molecule has 3 aromatic carbocycles. The number of ether oxygens (including phenoxy) is 6. The molecule has 92 heavy (non-hydrogen) atoms. The third kappa shape index (κ3) is 22.8. The number of terminal acetylenes is 1. The third-order valence-corrected chi connectivity index (χ3v) is 17.7. The van der Waals surface area contributed by atoms with E-state index in [1.165, 1.54) is 14.2 Å². The highest BCUT2D eigenvalue weighted by Crippen LogP contribution is 2.35. The van der Waals surface area contributed by atoms with Crippen molar-refractivity contribution >= 4 is 69.7 Å². The molecule has 0 radical (unpaired) electrons. The van der Waals surface area contributed by atoms with E-state index in [2.05, 4.69) is 33.7 Å². The van der Waals surface area contributed by atoms with Crippen molar-refractivity contribution in [2.45, 2.75) is 178 Å². The number of carboxylic acid groups (broad SMARTS) is 2. The van der Waals surface area contributed by atoms with Crippen molar-refractivity contribution in [2.24, 2.45) is 39.4 Å². The van der Waals surface area contributed by atoms with Gasteiger partial charge in [0.25, 0.3) is 0 Å². The molecule has 1 saturated heterocycles. The Morgan fingerprint density at radius 2 is 1.13 bits per heavy atom. The van der Waals surface area contributed by atoms with E-state index in [1.54, 1.807) is 80.5 Å². The number of carbonyl (C=O) groups is 9. The monoisotopic (exact) mass is 1340 g/mol. The van der Waals surface area contributed by atoms with Crippen LogP contribution >= 0.6 is 15.9 Å². The van der Waals surface area contributed by atoms with Crippen LogP contribution in [0.3, 0.4) is 0 Å². The topological polar surface area (TPSA) is 259 Å². The van der Waals surface area contributed by atoms with E-state index in [4.69, 9.17) is 34.8 Å². The Hall–Kier alpha value is -7.75. The first-order chi connectivity index (χ1) is 43.1. The number of esters is 4. The second-order valence-electron chi connectivity index (χ2n) is 27.6. The van der Waals surface area contributed by atoms with Crippen LogP contribution in [0, 0.1) is 63.6 Å². The van der Waals surface area contributed by atoms with E-state index < -0.39 is 70.8 Å². The Morgan fingerprint density at radius 3 is 1.64 bits per heavy atom. The summed E-state index contributed by atoms with van der Waals surface area (Å²) in [4.78, 5) is 114. The summed E-state index contributed by atoms with van der Waals surface area (Å²) >= 11 is 3.52. The fraction of sp³-hybridized carbons (Fsp3) is 0.563. The summed E-state index contributed by atoms with van der Waals surface area (Å²) in [5.41, 5.74) is 4.11. The van der Waals surface area contributed by atoms with Gasteiger partial charge >= 0.3 is 48.0 Å². The first kappa shape index (κ1) is 75.0. The lowest BCUT2D eigenvalue weighted by molar-refractivity contribution is -0.156. The molecule has 2 amide bonds. The highest BCUT2D eigenvalue weighted by Gasteiger charge is 2.42. The molecule has 0 unspecified atom stereocenters. The third-order valence-electron chi connectivity index (χ3n) is 16.9. The predicted molar refractivity (Wildman–Crippen MR) is 346 cm³/mol. The lowest BCUT2D eigenvalue weighted by atomic mass is 9.79. The Morgan fingerprint density at radius 1 is 0.620 bits per heavy atom. The minimum Gasteiger partial charge on any atom is -0.481 e. The molecule has 0 aromatic heterocycles. The molecule has 1 aliphatic carbocycles. The molecule has 3 aromatic rings. The van der Waals surface area contributed by atoms with E-state index in [0.29, 0.717) is 83.2 Å². The normalized spacial score (nSPS) is 18.3.